The number of H-pyrrole nitrogens is 1. The number of aryl methyl sites for hydroxylation is 1. The van der Waals surface area contributed by atoms with E-state index in [0.717, 1.165) is 11.1 Å². The molecule has 0 fully saturated rings. The molecule has 0 amide bonds. The molecule has 1 unspecified atom stereocenters. The third-order valence-corrected chi connectivity index (χ3v) is 3.32. The third-order valence-electron chi connectivity index (χ3n) is 2.87. The van der Waals surface area contributed by atoms with Gasteiger partial charge >= 0.3 is 5.76 Å². The number of fused-ring (bicyclic) bond motifs is 1. The maximum atomic E-state index is 11.1. The molecule has 0 saturated heterocycles. The first kappa shape index (κ1) is 11.2. The van der Waals surface area contributed by atoms with E-state index in [4.69, 9.17) is 20.4 Å². The fraction of sp³-hybridized carbons (Fsp3) is 0.154. The second kappa shape index (κ2) is 4.07. The van der Waals surface area contributed by atoms with Gasteiger partial charge in [0.15, 0.2) is 5.58 Å². The molecule has 0 radical (unpaired) electrons. The summed E-state index contributed by atoms with van der Waals surface area (Å²) in [5.74, 6) is 0.233. The zero-order chi connectivity index (χ0) is 12.7. The van der Waals surface area contributed by atoms with Crippen LogP contribution in [0.3, 0.4) is 0 Å². The number of nitrogens with one attached hydrogen (secondary N) is 1. The molecule has 3 rings (SSSR count). The van der Waals surface area contributed by atoms with Crippen molar-refractivity contribution in [2.24, 2.45) is 0 Å². The molecule has 0 saturated carbocycles. The van der Waals surface area contributed by atoms with Crippen molar-refractivity contribution in [1.82, 2.24) is 4.98 Å². The lowest BCUT2D eigenvalue weighted by molar-refractivity contribution is 0.513. The lowest BCUT2D eigenvalue weighted by atomic mass is 10.1. The van der Waals surface area contributed by atoms with Gasteiger partial charge in [-0.25, -0.2) is 4.79 Å². The minimum Gasteiger partial charge on any atom is -0.467 e. The molecule has 0 aliphatic heterocycles. The highest BCUT2D eigenvalue weighted by molar-refractivity contribution is 6.22. The molecule has 1 aromatic carbocycles. The van der Waals surface area contributed by atoms with Crippen molar-refractivity contribution < 1.29 is 8.83 Å². The monoisotopic (exact) mass is 263 g/mol. The normalized spacial score (nSPS) is 13.0. The molecule has 2 aromatic heterocycles. The number of aromatic amines is 1. The summed E-state index contributed by atoms with van der Waals surface area (Å²) in [6.07, 6.45) is 1.61. The molecular weight excluding hydrogens is 254 g/mol. The van der Waals surface area contributed by atoms with Crippen LogP contribution in [0, 0.1) is 6.92 Å². The van der Waals surface area contributed by atoms with Gasteiger partial charge < -0.3 is 8.83 Å². The molecule has 3 aromatic rings. The predicted octanol–water partition coefficient (Wildman–Crippen LogP) is 3.35. The molecule has 2 heterocycles. The number of hydrogen-bond acceptors (Lipinski definition) is 3. The van der Waals surface area contributed by atoms with Gasteiger partial charge in [0.05, 0.1) is 11.8 Å². The van der Waals surface area contributed by atoms with E-state index in [1.165, 1.54) is 0 Å². The lowest BCUT2D eigenvalue weighted by Gasteiger charge is -2.07. The fourth-order valence-electron chi connectivity index (χ4n) is 1.92. The first-order valence-electron chi connectivity index (χ1n) is 5.46. The molecule has 5 heteroatoms. The summed E-state index contributed by atoms with van der Waals surface area (Å²) >= 11 is 6.36. The van der Waals surface area contributed by atoms with Crippen LogP contribution in [0.1, 0.15) is 22.3 Å². The Morgan fingerprint density at radius 3 is 2.89 bits per heavy atom. The van der Waals surface area contributed by atoms with E-state index in [9.17, 15) is 4.79 Å². The number of benzene rings is 1. The van der Waals surface area contributed by atoms with Crippen molar-refractivity contribution in [3.05, 3.63) is 58.0 Å². The van der Waals surface area contributed by atoms with Gasteiger partial charge in [0.25, 0.3) is 0 Å². The SMILES string of the molecule is Cc1ccoc1C(Cl)c1ccc2[nH]c(=O)oc2c1. The number of rotatable bonds is 2. The summed E-state index contributed by atoms with van der Waals surface area (Å²) in [5, 5.41) is -0.399. The van der Waals surface area contributed by atoms with Crippen LogP contribution in [-0.4, -0.2) is 4.98 Å². The van der Waals surface area contributed by atoms with Crippen molar-refractivity contribution in [2.75, 3.05) is 0 Å². The van der Waals surface area contributed by atoms with E-state index in [1.54, 1.807) is 18.4 Å². The Morgan fingerprint density at radius 1 is 1.33 bits per heavy atom. The van der Waals surface area contributed by atoms with Gasteiger partial charge in [-0.15, -0.1) is 11.6 Å². The number of alkyl halides is 1. The zero-order valence-corrected chi connectivity index (χ0v) is 10.3. The highest BCUT2D eigenvalue weighted by atomic mass is 35.5. The largest absolute Gasteiger partial charge is 0.467 e. The molecule has 18 heavy (non-hydrogen) atoms. The summed E-state index contributed by atoms with van der Waals surface area (Å²) in [5.41, 5.74) is 2.96. The summed E-state index contributed by atoms with van der Waals surface area (Å²) in [7, 11) is 0. The molecule has 0 aliphatic carbocycles. The Bertz CT molecular complexity index is 753. The minimum absolute atomic E-state index is 0.399. The highest BCUT2D eigenvalue weighted by Gasteiger charge is 2.17. The number of aromatic nitrogens is 1. The van der Waals surface area contributed by atoms with Crippen molar-refractivity contribution in [1.29, 1.82) is 0 Å². The van der Waals surface area contributed by atoms with Gasteiger partial charge in [-0.2, -0.15) is 0 Å². The Hall–Kier alpha value is -1.94. The van der Waals surface area contributed by atoms with Crippen LogP contribution in [0.5, 0.6) is 0 Å². The molecule has 1 N–H and O–H groups in total. The van der Waals surface area contributed by atoms with Crippen LogP contribution in [0.25, 0.3) is 11.1 Å². The number of hydrogen-bond donors (Lipinski definition) is 1. The van der Waals surface area contributed by atoms with E-state index in [1.807, 2.05) is 19.1 Å². The second-order valence-electron chi connectivity index (χ2n) is 4.10. The summed E-state index contributed by atoms with van der Waals surface area (Å²) in [6, 6.07) is 7.21. The van der Waals surface area contributed by atoms with Crippen molar-refractivity contribution in [3.63, 3.8) is 0 Å². The van der Waals surface area contributed by atoms with E-state index in [-0.39, 0.29) is 0 Å². The molecule has 0 spiro atoms. The average molecular weight is 264 g/mol. The molecule has 1 atom stereocenters. The van der Waals surface area contributed by atoms with Gasteiger partial charge in [0, 0.05) is 0 Å². The Morgan fingerprint density at radius 2 is 2.17 bits per heavy atom. The Kier molecular flexibility index (Phi) is 2.52. The number of halogens is 1. The molecule has 0 aliphatic rings. The van der Waals surface area contributed by atoms with E-state index in [2.05, 4.69) is 4.98 Å². The van der Waals surface area contributed by atoms with E-state index < -0.39 is 11.1 Å². The predicted molar refractivity (Wildman–Crippen MR) is 68.0 cm³/mol. The van der Waals surface area contributed by atoms with Gasteiger partial charge in [0.1, 0.15) is 11.1 Å². The van der Waals surface area contributed by atoms with E-state index >= 15 is 0 Å². The van der Waals surface area contributed by atoms with E-state index in [0.29, 0.717) is 16.9 Å². The van der Waals surface area contributed by atoms with Crippen LogP contribution < -0.4 is 5.76 Å². The first-order valence-corrected chi connectivity index (χ1v) is 5.89. The van der Waals surface area contributed by atoms with Crippen molar-refractivity contribution in [2.45, 2.75) is 12.3 Å². The number of furan rings is 1. The first-order chi connectivity index (χ1) is 8.65. The van der Waals surface area contributed by atoms with Crippen LogP contribution in [0.4, 0.5) is 0 Å². The molecule has 0 bridgehead atoms. The van der Waals surface area contributed by atoms with Gasteiger partial charge in [-0.3, -0.25) is 4.98 Å². The maximum absolute atomic E-state index is 11.1. The van der Waals surface area contributed by atoms with Gasteiger partial charge in [0.2, 0.25) is 0 Å². The van der Waals surface area contributed by atoms with Gasteiger partial charge in [-0.1, -0.05) is 6.07 Å². The Labute approximate surface area is 107 Å². The maximum Gasteiger partial charge on any atom is 0.417 e. The van der Waals surface area contributed by atoms with Crippen LogP contribution in [0.2, 0.25) is 0 Å². The number of oxazole rings is 1. The highest BCUT2D eigenvalue weighted by Crippen LogP contribution is 2.32. The van der Waals surface area contributed by atoms with Crippen LogP contribution in [0.15, 0.2) is 44.2 Å². The van der Waals surface area contributed by atoms with Gasteiger partial charge in [-0.05, 0) is 36.2 Å². The summed E-state index contributed by atoms with van der Waals surface area (Å²) < 4.78 is 10.4. The fourth-order valence-corrected chi connectivity index (χ4v) is 2.27. The quantitative estimate of drug-likeness (QED) is 0.721. The Balaban J connectivity index is 2.09. The average Bonchev–Trinajstić information content (AvgIpc) is 2.91. The van der Waals surface area contributed by atoms with Crippen LogP contribution in [-0.2, 0) is 0 Å². The van der Waals surface area contributed by atoms with Crippen molar-refractivity contribution >= 4 is 22.7 Å². The second-order valence-corrected chi connectivity index (χ2v) is 4.54. The van der Waals surface area contributed by atoms with Crippen molar-refractivity contribution in [3.8, 4) is 0 Å². The minimum atomic E-state index is -0.470. The molecule has 92 valence electrons. The summed E-state index contributed by atoms with van der Waals surface area (Å²) in [6.45, 7) is 1.93. The molecular formula is C13H10ClNO3. The lowest BCUT2D eigenvalue weighted by Crippen LogP contribution is -1.93. The summed E-state index contributed by atoms with van der Waals surface area (Å²) in [4.78, 5) is 13.7. The van der Waals surface area contributed by atoms with Crippen LogP contribution >= 0.6 is 11.6 Å². The standard InChI is InChI=1S/C13H10ClNO3/c1-7-4-5-17-12(7)11(14)8-2-3-9-10(6-8)18-13(16)15-9/h2-6,11H,1H3,(H,15,16). The zero-order valence-electron chi connectivity index (χ0n) is 9.57. The third kappa shape index (κ3) is 1.75. The topological polar surface area (TPSA) is 59.1 Å². The smallest absolute Gasteiger partial charge is 0.417 e. The molecule has 4 nitrogen and oxygen atoms in total.